The van der Waals surface area contributed by atoms with E-state index in [0.717, 1.165) is 21.9 Å². The molecule has 0 radical (unpaired) electrons. The van der Waals surface area contributed by atoms with E-state index in [4.69, 9.17) is 0 Å². The van der Waals surface area contributed by atoms with Gasteiger partial charge in [-0.25, -0.2) is 0 Å². The summed E-state index contributed by atoms with van der Waals surface area (Å²) in [6.07, 6.45) is 5.32. The van der Waals surface area contributed by atoms with Crippen molar-refractivity contribution in [3.63, 3.8) is 0 Å². The molecule has 7 nitrogen and oxygen atoms in total. The summed E-state index contributed by atoms with van der Waals surface area (Å²) in [6, 6.07) is 7.64. The molecule has 2 saturated carbocycles. The third-order valence-corrected chi connectivity index (χ3v) is 8.32. The van der Waals surface area contributed by atoms with Crippen LogP contribution in [0.4, 0.5) is 16.5 Å². The topological polar surface area (TPSA) is 96.0 Å². The van der Waals surface area contributed by atoms with Crippen LogP contribution in [-0.2, 0) is 9.59 Å². The number of anilines is 3. The Balaban J connectivity index is 1.29. The van der Waals surface area contributed by atoms with E-state index in [1.807, 2.05) is 31.2 Å². The number of benzene rings is 1. The highest BCUT2D eigenvalue weighted by Gasteiger charge is 2.42. The average molecular weight is 460 g/mol. The molecular formula is C22H29N5O2S2. The van der Waals surface area contributed by atoms with Crippen molar-refractivity contribution in [2.75, 3.05) is 10.6 Å². The number of hydrogen-bond acceptors (Lipinski definition) is 7. The van der Waals surface area contributed by atoms with Gasteiger partial charge in [-0.05, 0) is 69.1 Å². The summed E-state index contributed by atoms with van der Waals surface area (Å²) in [7, 11) is 0. The van der Waals surface area contributed by atoms with Gasteiger partial charge in [0.2, 0.25) is 16.9 Å². The van der Waals surface area contributed by atoms with Gasteiger partial charge in [-0.2, -0.15) is 0 Å². The first-order valence-corrected chi connectivity index (χ1v) is 12.5. The molecule has 2 aliphatic carbocycles. The molecule has 31 heavy (non-hydrogen) atoms. The Hall–Kier alpha value is -2.13. The van der Waals surface area contributed by atoms with E-state index in [2.05, 4.69) is 33.1 Å². The largest absolute Gasteiger partial charge is 0.352 e. The Labute approximate surface area is 191 Å². The molecule has 0 spiro atoms. The number of thioether (sulfide) groups is 1. The molecule has 0 aliphatic heterocycles. The van der Waals surface area contributed by atoms with E-state index in [1.165, 1.54) is 55.7 Å². The zero-order valence-corrected chi connectivity index (χ0v) is 19.7. The molecule has 2 bridgehead atoms. The molecule has 2 aromatic rings. The third kappa shape index (κ3) is 5.57. The molecule has 2 aliphatic rings. The van der Waals surface area contributed by atoms with Gasteiger partial charge in [0.15, 0.2) is 4.34 Å². The Morgan fingerprint density at radius 3 is 2.68 bits per heavy atom. The minimum Gasteiger partial charge on any atom is -0.352 e. The molecule has 5 atom stereocenters. The fourth-order valence-electron chi connectivity index (χ4n) is 4.87. The van der Waals surface area contributed by atoms with Gasteiger partial charge >= 0.3 is 0 Å². The van der Waals surface area contributed by atoms with E-state index < -0.39 is 0 Å². The van der Waals surface area contributed by atoms with Gasteiger partial charge in [0, 0.05) is 24.3 Å². The van der Waals surface area contributed by atoms with Crippen molar-refractivity contribution in [1.29, 1.82) is 0 Å². The summed E-state index contributed by atoms with van der Waals surface area (Å²) in [5, 5.41) is 18.0. The molecule has 4 rings (SSSR count). The van der Waals surface area contributed by atoms with Gasteiger partial charge in [0.05, 0.1) is 5.25 Å². The Morgan fingerprint density at radius 2 is 1.97 bits per heavy atom. The van der Waals surface area contributed by atoms with Crippen molar-refractivity contribution in [2.45, 2.75) is 62.1 Å². The molecule has 0 saturated heterocycles. The van der Waals surface area contributed by atoms with Crippen molar-refractivity contribution in [2.24, 2.45) is 17.8 Å². The van der Waals surface area contributed by atoms with Crippen LogP contribution in [0.25, 0.3) is 0 Å². The maximum atomic E-state index is 12.7. The quantitative estimate of drug-likeness (QED) is 0.497. The molecule has 1 heterocycles. The summed E-state index contributed by atoms with van der Waals surface area (Å²) < 4.78 is 0.746. The van der Waals surface area contributed by atoms with Gasteiger partial charge in [-0.1, -0.05) is 35.6 Å². The maximum absolute atomic E-state index is 12.7. The van der Waals surface area contributed by atoms with Gasteiger partial charge in [0.25, 0.3) is 0 Å². The van der Waals surface area contributed by atoms with Gasteiger partial charge in [-0.3, -0.25) is 9.59 Å². The summed E-state index contributed by atoms with van der Waals surface area (Å²) in [5.41, 5.74) is 1.52. The number of hydrogen-bond donors (Lipinski definition) is 3. The number of carbonyl (C=O) groups excluding carboxylic acids is 2. The summed E-state index contributed by atoms with van der Waals surface area (Å²) in [4.78, 5) is 23.9. The van der Waals surface area contributed by atoms with Crippen molar-refractivity contribution in [3.05, 3.63) is 24.3 Å². The van der Waals surface area contributed by atoms with Crippen LogP contribution in [-0.4, -0.2) is 33.3 Å². The van der Waals surface area contributed by atoms with Crippen LogP contribution in [0.5, 0.6) is 0 Å². The lowest BCUT2D eigenvalue weighted by Crippen LogP contribution is -2.43. The van der Waals surface area contributed by atoms with E-state index >= 15 is 0 Å². The minimum absolute atomic E-state index is 0.0630. The minimum atomic E-state index is -0.232. The number of nitrogens with one attached hydrogen (secondary N) is 3. The Morgan fingerprint density at radius 1 is 1.16 bits per heavy atom. The molecule has 2 fully saturated rings. The third-order valence-electron chi connectivity index (χ3n) is 6.29. The lowest BCUT2D eigenvalue weighted by molar-refractivity contribution is -0.121. The number of carbonyl (C=O) groups is 2. The zero-order chi connectivity index (χ0) is 22.0. The van der Waals surface area contributed by atoms with E-state index in [9.17, 15) is 9.59 Å². The van der Waals surface area contributed by atoms with Crippen molar-refractivity contribution in [3.8, 4) is 0 Å². The normalized spacial score (nSPS) is 23.9. The van der Waals surface area contributed by atoms with Crippen molar-refractivity contribution < 1.29 is 9.59 Å². The Kier molecular flexibility index (Phi) is 6.81. The number of rotatable bonds is 8. The number of aromatic nitrogens is 2. The number of amides is 2. The van der Waals surface area contributed by atoms with Gasteiger partial charge in [-0.15, -0.1) is 10.2 Å². The summed E-state index contributed by atoms with van der Waals surface area (Å²) in [5.74, 6) is 2.25. The van der Waals surface area contributed by atoms with Crippen LogP contribution in [0.2, 0.25) is 0 Å². The first-order chi connectivity index (χ1) is 14.9. The molecule has 1 aromatic carbocycles. The fraction of sp³-hybridized carbons (Fsp3) is 0.545. The number of nitrogens with zero attached hydrogens (tertiary/aromatic N) is 2. The van der Waals surface area contributed by atoms with Crippen molar-refractivity contribution in [1.82, 2.24) is 15.5 Å². The maximum Gasteiger partial charge on any atom is 0.233 e. The Bertz CT molecular complexity index is 949. The predicted molar refractivity (Wildman–Crippen MR) is 126 cm³/mol. The fourth-order valence-corrected chi connectivity index (χ4v) is 6.79. The summed E-state index contributed by atoms with van der Waals surface area (Å²) in [6.45, 7) is 5.55. The van der Waals surface area contributed by atoms with E-state index in [1.54, 1.807) is 0 Å². The monoisotopic (exact) mass is 459 g/mol. The lowest BCUT2D eigenvalue weighted by Gasteiger charge is -2.29. The van der Waals surface area contributed by atoms with Gasteiger partial charge < -0.3 is 16.0 Å². The summed E-state index contributed by atoms with van der Waals surface area (Å²) >= 11 is 2.84. The lowest BCUT2D eigenvalue weighted by atomic mass is 9.84. The van der Waals surface area contributed by atoms with E-state index in [0.29, 0.717) is 16.7 Å². The smallest absolute Gasteiger partial charge is 0.233 e. The highest BCUT2D eigenvalue weighted by molar-refractivity contribution is 8.02. The van der Waals surface area contributed by atoms with Crippen LogP contribution in [0, 0.1) is 17.8 Å². The van der Waals surface area contributed by atoms with Crippen LogP contribution in [0.1, 0.15) is 46.5 Å². The molecule has 1 aromatic heterocycles. The first kappa shape index (κ1) is 22.1. The average Bonchev–Trinajstić information content (AvgIpc) is 3.45. The molecule has 5 unspecified atom stereocenters. The SMILES string of the molecule is CC(=O)Nc1cccc(Nc2nnc(SC(C)C(=O)NC(C)C3CC4CCC3C4)s2)c1. The second kappa shape index (κ2) is 9.56. The van der Waals surface area contributed by atoms with E-state index in [-0.39, 0.29) is 23.1 Å². The van der Waals surface area contributed by atoms with Gasteiger partial charge in [0.1, 0.15) is 0 Å². The van der Waals surface area contributed by atoms with Crippen LogP contribution in [0.15, 0.2) is 28.6 Å². The number of fused-ring (bicyclic) bond motifs is 2. The molecule has 3 N–H and O–H groups in total. The molecule has 9 heteroatoms. The predicted octanol–water partition coefficient (Wildman–Crippen LogP) is 4.66. The standard InChI is InChI=1S/C22H29N5O2S2/c1-12(19-10-15-7-8-16(19)9-15)23-20(29)13(2)30-22-27-26-21(31-22)25-18-6-4-5-17(11-18)24-14(3)28/h4-6,11-13,15-16,19H,7-10H2,1-3H3,(H,23,29)(H,24,28)(H,25,26). The highest BCUT2D eigenvalue weighted by Crippen LogP contribution is 2.49. The van der Waals surface area contributed by atoms with Crippen LogP contribution < -0.4 is 16.0 Å². The molecule has 166 valence electrons. The second-order valence-electron chi connectivity index (χ2n) is 8.66. The van der Waals surface area contributed by atoms with Crippen LogP contribution in [0.3, 0.4) is 0 Å². The van der Waals surface area contributed by atoms with Crippen molar-refractivity contribution >= 4 is 51.4 Å². The molecular weight excluding hydrogens is 430 g/mol. The zero-order valence-electron chi connectivity index (χ0n) is 18.1. The second-order valence-corrected chi connectivity index (χ2v) is 11.2. The van der Waals surface area contributed by atoms with Crippen LogP contribution >= 0.6 is 23.1 Å². The highest BCUT2D eigenvalue weighted by atomic mass is 32.2. The molecule has 2 amide bonds. The first-order valence-electron chi connectivity index (χ1n) is 10.8.